The Bertz CT molecular complexity index is 1260. The summed E-state index contributed by atoms with van der Waals surface area (Å²) in [7, 11) is -1.57. The fourth-order valence-electron chi connectivity index (χ4n) is 3.55. The molecule has 33 heavy (non-hydrogen) atoms. The first-order valence-electron chi connectivity index (χ1n) is 10.3. The third kappa shape index (κ3) is 5.58. The molecule has 0 radical (unpaired) electrons. The molecular formula is C23H23N3O5S2. The number of nitrogens with zero attached hydrogens (tertiary/aromatic N) is 3. The van der Waals surface area contributed by atoms with Gasteiger partial charge in [-0.05, 0) is 36.1 Å². The van der Waals surface area contributed by atoms with E-state index in [-0.39, 0.29) is 17.5 Å². The predicted molar refractivity (Wildman–Crippen MR) is 127 cm³/mol. The molecule has 8 nitrogen and oxygen atoms in total. The van der Waals surface area contributed by atoms with Gasteiger partial charge in [-0.1, -0.05) is 24.3 Å². The van der Waals surface area contributed by atoms with E-state index in [1.165, 1.54) is 18.0 Å². The van der Waals surface area contributed by atoms with Gasteiger partial charge in [-0.2, -0.15) is 5.10 Å². The van der Waals surface area contributed by atoms with E-state index in [4.69, 9.17) is 4.74 Å². The molecule has 1 aromatic carbocycles. The maximum Gasteiger partial charge on any atom is 0.331 e. The van der Waals surface area contributed by atoms with Gasteiger partial charge in [0.2, 0.25) is 0 Å². The number of hydrogen-bond acceptors (Lipinski definition) is 7. The van der Waals surface area contributed by atoms with Gasteiger partial charge in [0.1, 0.15) is 5.69 Å². The van der Waals surface area contributed by atoms with Crippen LogP contribution in [0.4, 0.5) is 0 Å². The smallest absolute Gasteiger partial charge is 0.331 e. The third-order valence-electron chi connectivity index (χ3n) is 5.40. The molecule has 1 unspecified atom stereocenters. The normalized spacial score (nSPS) is 17.3. The van der Waals surface area contributed by atoms with Crippen LogP contribution in [0.5, 0.6) is 0 Å². The predicted octanol–water partition coefficient (Wildman–Crippen LogP) is 2.80. The Hall–Kier alpha value is -3.24. The van der Waals surface area contributed by atoms with Crippen LogP contribution in [0.25, 0.3) is 22.3 Å². The standard InChI is InChI=1S/C23H23N3O5S2/c1-25(19-11-13-33(29,30)16-19)21(27)15-31-22(28)10-9-17-14-26(18-6-3-2-4-7-18)24-23(17)20-8-5-12-32-20/h2-10,12,14,19H,11,13,15-16H2,1H3/b10-9+. The molecule has 1 fully saturated rings. The number of para-hydroxylation sites is 1. The average molecular weight is 486 g/mol. The number of carbonyl (C=O) groups excluding carboxylic acids is 2. The van der Waals surface area contributed by atoms with E-state index in [1.54, 1.807) is 22.1 Å². The van der Waals surface area contributed by atoms with Crippen molar-refractivity contribution in [3.05, 3.63) is 65.7 Å². The van der Waals surface area contributed by atoms with Gasteiger partial charge in [0.25, 0.3) is 5.91 Å². The lowest BCUT2D eigenvalue weighted by Crippen LogP contribution is -2.40. The van der Waals surface area contributed by atoms with Gasteiger partial charge in [0, 0.05) is 30.9 Å². The highest BCUT2D eigenvalue weighted by Crippen LogP contribution is 2.28. The number of thiophene rings is 1. The van der Waals surface area contributed by atoms with Gasteiger partial charge in [0.05, 0.1) is 22.1 Å². The number of benzene rings is 1. The van der Waals surface area contributed by atoms with Gasteiger partial charge in [-0.25, -0.2) is 17.9 Å². The number of ether oxygens (including phenoxy) is 1. The summed E-state index contributed by atoms with van der Waals surface area (Å²) in [6.07, 6.45) is 5.10. The highest BCUT2D eigenvalue weighted by molar-refractivity contribution is 7.91. The van der Waals surface area contributed by atoms with Gasteiger partial charge < -0.3 is 9.64 Å². The monoisotopic (exact) mass is 485 g/mol. The third-order valence-corrected chi connectivity index (χ3v) is 8.03. The zero-order chi connectivity index (χ0) is 23.4. The molecule has 0 saturated carbocycles. The Morgan fingerprint density at radius 2 is 2.03 bits per heavy atom. The minimum absolute atomic E-state index is 0.0556. The van der Waals surface area contributed by atoms with Crippen LogP contribution in [0.2, 0.25) is 0 Å². The Kier molecular flexibility index (Phi) is 6.75. The Morgan fingerprint density at radius 3 is 2.70 bits per heavy atom. The summed E-state index contributed by atoms with van der Waals surface area (Å²) in [6, 6.07) is 13.1. The maximum atomic E-state index is 12.3. The fourth-order valence-corrected chi connectivity index (χ4v) is 6.06. The second-order valence-electron chi connectivity index (χ2n) is 7.69. The summed E-state index contributed by atoms with van der Waals surface area (Å²) in [6.45, 7) is -0.447. The lowest BCUT2D eigenvalue weighted by molar-refractivity contribution is -0.148. The van der Waals surface area contributed by atoms with Crippen molar-refractivity contribution in [3.63, 3.8) is 0 Å². The minimum atomic E-state index is -3.11. The molecular weight excluding hydrogens is 462 g/mol. The van der Waals surface area contributed by atoms with Crippen LogP contribution in [0.3, 0.4) is 0 Å². The quantitative estimate of drug-likeness (QED) is 0.377. The summed E-state index contributed by atoms with van der Waals surface area (Å²) in [5.41, 5.74) is 2.36. The summed E-state index contributed by atoms with van der Waals surface area (Å²) in [5.74, 6) is -1.09. The van der Waals surface area contributed by atoms with Crippen molar-refractivity contribution in [2.24, 2.45) is 0 Å². The highest BCUT2D eigenvalue weighted by atomic mass is 32.2. The van der Waals surface area contributed by atoms with E-state index in [2.05, 4.69) is 5.10 Å². The molecule has 1 saturated heterocycles. The van der Waals surface area contributed by atoms with Crippen molar-refractivity contribution in [2.75, 3.05) is 25.2 Å². The van der Waals surface area contributed by atoms with E-state index < -0.39 is 28.3 Å². The van der Waals surface area contributed by atoms with Crippen LogP contribution >= 0.6 is 11.3 Å². The number of carbonyl (C=O) groups is 2. The Morgan fingerprint density at radius 1 is 1.24 bits per heavy atom. The topological polar surface area (TPSA) is 98.6 Å². The van der Waals surface area contributed by atoms with Crippen LogP contribution in [0.15, 0.2) is 60.1 Å². The van der Waals surface area contributed by atoms with Crippen LogP contribution < -0.4 is 0 Å². The molecule has 10 heteroatoms. The maximum absolute atomic E-state index is 12.3. The number of hydrogen-bond donors (Lipinski definition) is 0. The van der Waals surface area contributed by atoms with Crippen molar-refractivity contribution >= 4 is 39.1 Å². The van der Waals surface area contributed by atoms with Crippen molar-refractivity contribution < 1.29 is 22.7 Å². The first-order valence-corrected chi connectivity index (χ1v) is 13.0. The van der Waals surface area contributed by atoms with Crippen molar-refractivity contribution in [3.8, 4) is 16.3 Å². The van der Waals surface area contributed by atoms with Gasteiger partial charge in [-0.3, -0.25) is 4.79 Å². The first-order chi connectivity index (χ1) is 15.8. The molecule has 0 spiro atoms. The fraction of sp³-hybridized carbons (Fsp3) is 0.261. The number of aromatic nitrogens is 2. The molecule has 2 aromatic heterocycles. The number of sulfone groups is 1. The van der Waals surface area contributed by atoms with Crippen molar-refractivity contribution in [1.82, 2.24) is 14.7 Å². The Labute approximate surface area is 196 Å². The largest absolute Gasteiger partial charge is 0.452 e. The van der Waals surface area contributed by atoms with Crippen LogP contribution in [0, 0.1) is 0 Å². The molecule has 172 valence electrons. The zero-order valence-corrected chi connectivity index (χ0v) is 19.6. The molecule has 1 aliphatic rings. The SMILES string of the molecule is CN(C(=O)COC(=O)/C=C/c1cn(-c2ccccc2)nc1-c1cccs1)C1CCS(=O)(=O)C1. The minimum Gasteiger partial charge on any atom is -0.452 e. The summed E-state index contributed by atoms with van der Waals surface area (Å²) in [4.78, 5) is 26.9. The second kappa shape index (κ2) is 9.72. The molecule has 0 aliphatic carbocycles. The molecule has 3 aromatic rings. The summed E-state index contributed by atoms with van der Waals surface area (Å²) in [5, 5.41) is 6.62. The average Bonchev–Trinajstić information content (AvgIpc) is 3.55. The van der Waals surface area contributed by atoms with Crippen molar-refractivity contribution in [1.29, 1.82) is 0 Å². The Balaban J connectivity index is 1.42. The van der Waals surface area contributed by atoms with Gasteiger partial charge >= 0.3 is 5.97 Å². The molecule has 0 bridgehead atoms. The summed E-state index contributed by atoms with van der Waals surface area (Å²) < 4.78 is 30.1. The van der Waals surface area contributed by atoms with E-state index in [9.17, 15) is 18.0 Å². The lowest BCUT2D eigenvalue weighted by Gasteiger charge is -2.22. The molecule has 1 amide bonds. The van der Waals surface area contributed by atoms with Gasteiger partial charge in [-0.15, -0.1) is 11.3 Å². The molecule has 4 rings (SSSR count). The number of rotatable bonds is 7. The van der Waals surface area contributed by atoms with Crippen LogP contribution in [-0.2, 0) is 24.2 Å². The number of likely N-dealkylation sites (N-methyl/N-ethyl adjacent to an activating group) is 1. The van der Waals surface area contributed by atoms with E-state index >= 15 is 0 Å². The summed E-state index contributed by atoms with van der Waals surface area (Å²) >= 11 is 1.54. The van der Waals surface area contributed by atoms with E-state index in [0.29, 0.717) is 6.42 Å². The first kappa shape index (κ1) is 22.9. The molecule has 1 aliphatic heterocycles. The number of esters is 1. The molecule has 3 heterocycles. The molecule has 0 N–H and O–H groups in total. The van der Waals surface area contributed by atoms with Crippen molar-refractivity contribution in [2.45, 2.75) is 12.5 Å². The van der Waals surface area contributed by atoms with Crippen LogP contribution in [-0.4, -0.2) is 66.2 Å². The van der Waals surface area contributed by atoms with Crippen LogP contribution in [0.1, 0.15) is 12.0 Å². The van der Waals surface area contributed by atoms with Gasteiger partial charge in [0.15, 0.2) is 16.4 Å². The zero-order valence-electron chi connectivity index (χ0n) is 18.0. The lowest BCUT2D eigenvalue weighted by atomic mass is 10.2. The van der Waals surface area contributed by atoms with E-state index in [1.807, 2.05) is 54.0 Å². The van der Waals surface area contributed by atoms with E-state index in [0.717, 1.165) is 21.8 Å². The second-order valence-corrected chi connectivity index (χ2v) is 10.9. The molecule has 1 atom stereocenters. The highest BCUT2D eigenvalue weighted by Gasteiger charge is 2.32. The number of amides is 1.